The van der Waals surface area contributed by atoms with Gasteiger partial charge in [0.05, 0.1) is 25.6 Å². The third-order valence-corrected chi connectivity index (χ3v) is 5.80. The molecule has 0 aromatic heterocycles. The fraction of sp³-hybridized carbons (Fsp3) is 0.407. The Hall–Kier alpha value is -3.88. The smallest absolute Gasteiger partial charge is 0.308 e. The van der Waals surface area contributed by atoms with Gasteiger partial charge in [-0.15, -0.1) is 0 Å². The van der Waals surface area contributed by atoms with Crippen molar-refractivity contribution in [3.8, 4) is 0 Å². The third kappa shape index (κ3) is 7.56. The van der Waals surface area contributed by atoms with Crippen molar-refractivity contribution in [2.75, 3.05) is 31.6 Å². The lowest BCUT2D eigenvalue weighted by Crippen LogP contribution is -2.58. The molecule has 3 amide bonds. The minimum atomic E-state index is -0.913. The molecule has 2 unspecified atom stereocenters. The van der Waals surface area contributed by atoms with Crippen LogP contribution < -0.4 is 16.0 Å². The first-order valence-corrected chi connectivity index (χ1v) is 12.2. The molecule has 1 fully saturated rings. The molecule has 9 nitrogen and oxygen atoms in total. The summed E-state index contributed by atoms with van der Waals surface area (Å²) in [6.07, 6.45) is -0.195. The number of ether oxygens (including phenoxy) is 1. The molecule has 3 rings (SSSR count). The molecular formula is C27H34N4O5. The van der Waals surface area contributed by atoms with E-state index in [1.165, 1.54) is 4.90 Å². The second kappa shape index (κ2) is 12.7. The number of benzene rings is 2. The van der Waals surface area contributed by atoms with Crippen molar-refractivity contribution in [1.29, 1.82) is 0 Å². The summed E-state index contributed by atoms with van der Waals surface area (Å²) in [5.74, 6) is -1.26. The minimum absolute atomic E-state index is 0.0870. The van der Waals surface area contributed by atoms with E-state index in [4.69, 9.17) is 4.74 Å². The Morgan fingerprint density at radius 1 is 1.08 bits per heavy atom. The maximum atomic E-state index is 12.9. The molecule has 0 spiro atoms. The molecule has 36 heavy (non-hydrogen) atoms. The quantitative estimate of drug-likeness (QED) is 0.437. The summed E-state index contributed by atoms with van der Waals surface area (Å²) in [7, 11) is 0. The van der Waals surface area contributed by atoms with Gasteiger partial charge in [-0.1, -0.05) is 50.2 Å². The van der Waals surface area contributed by atoms with Gasteiger partial charge in [0.25, 0.3) is 5.91 Å². The first kappa shape index (κ1) is 26.7. The van der Waals surface area contributed by atoms with E-state index >= 15 is 0 Å². The molecule has 2 aromatic rings. The Balaban J connectivity index is 1.58. The molecule has 1 heterocycles. The molecule has 2 aromatic carbocycles. The zero-order valence-corrected chi connectivity index (χ0v) is 21.0. The Morgan fingerprint density at radius 2 is 1.83 bits per heavy atom. The number of hydrogen-bond donors (Lipinski definition) is 3. The van der Waals surface area contributed by atoms with E-state index in [-0.39, 0.29) is 49.3 Å². The van der Waals surface area contributed by atoms with Crippen molar-refractivity contribution >= 4 is 29.4 Å². The van der Waals surface area contributed by atoms with E-state index in [0.717, 1.165) is 5.56 Å². The summed E-state index contributed by atoms with van der Waals surface area (Å²) in [5, 5.41) is 8.71. The van der Waals surface area contributed by atoms with Crippen molar-refractivity contribution < 1.29 is 23.9 Å². The first-order valence-electron chi connectivity index (χ1n) is 12.2. The zero-order valence-electron chi connectivity index (χ0n) is 21.0. The first-order chi connectivity index (χ1) is 17.2. The number of carbonyl (C=O) groups is 4. The lowest BCUT2D eigenvalue weighted by Gasteiger charge is -2.34. The summed E-state index contributed by atoms with van der Waals surface area (Å²) >= 11 is 0. The molecule has 0 bridgehead atoms. The van der Waals surface area contributed by atoms with Crippen LogP contribution in [0.2, 0.25) is 0 Å². The number of carbonyl (C=O) groups excluding carboxylic acids is 4. The van der Waals surface area contributed by atoms with Crippen molar-refractivity contribution in [1.82, 2.24) is 15.5 Å². The second-order valence-corrected chi connectivity index (χ2v) is 9.22. The molecule has 1 aliphatic heterocycles. The van der Waals surface area contributed by atoms with Crippen LogP contribution >= 0.6 is 0 Å². The minimum Gasteiger partial charge on any atom is -0.465 e. The molecule has 3 N–H and O–H groups in total. The standard InChI is InChI=1S/C27H34N4O5/c1-18(2)17-36-25(33)15-23-27(35)28-12-13-31(23)24(32)16-29-22-11-7-10-21(14-22)26(34)30-19(3)20-8-5-4-6-9-20/h4-11,14,18-19,23,29H,12-13,15-17H2,1-3H3,(H,28,35)(H,30,34). The average molecular weight is 495 g/mol. The lowest BCUT2D eigenvalue weighted by atomic mass is 10.1. The van der Waals surface area contributed by atoms with Gasteiger partial charge in [0.1, 0.15) is 6.04 Å². The van der Waals surface area contributed by atoms with Gasteiger partial charge in [0.2, 0.25) is 11.8 Å². The topological polar surface area (TPSA) is 117 Å². The Bertz CT molecular complexity index is 1070. The SMILES string of the molecule is CC(C)COC(=O)CC1C(=O)NCCN1C(=O)CNc1cccc(C(=O)NC(C)c2ccccc2)c1. The number of nitrogens with one attached hydrogen (secondary N) is 3. The van der Waals surface area contributed by atoms with Gasteiger partial charge < -0.3 is 25.6 Å². The molecular weight excluding hydrogens is 460 g/mol. The summed E-state index contributed by atoms with van der Waals surface area (Å²) in [4.78, 5) is 51.7. The lowest BCUT2D eigenvalue weighted by molar-refractivity contribution is -0.152. The van der Waals surface area contributed by atoms with Gasteiger partial charge in [0.15, 0.2) is 0 Å². The highest BCUT2D eigenvalue weighted by molar-refractivity contribution is 5.96. The van der Waals surface area contributed by atoms with E-state index in [2.05, 4.69) is 16.0 Å². The predicted octanol–water partition coefficient (Wildman–Crippen LogP) is 2.51. The van der Waals surface area contributed by atoms with Crippen LogP contribution in [-0.2, 0) is 19.1 Å². The highest BCUT2D eigenvalue weighted by Crippen LogP contribution is 2.16. The largest absolute Gasteiger partial charge is 0.465 e. The number of nitrogens with zero attached hydrogens (tertiary/aromatic N) is 1. The maximum absolute atomic E-state index is 12.9. The van der Waals surface area contributed by atoms with Crippen LogP contribution in [0.4, 0.5) is 5.69 Å². The van der Waals surface area contributed by atoms with Crippen LogP contribution in [0.15, 0.2) is 54.6 Å². The summed E-state index contributed by atoms with van der Waals surface area (Å²) < 4.78 is 5.19. The fourth-order valence-electron chi connectivity index (χ4n) is 3.85. The normalized spacial score (nSPS) is 16.2. The number of amides is 3. The van der Waals surface area contributed by atoms with Crippen LogP contribution in [0.3, 0.4) is 0 Å². The van der Waals surface area contributed by atoms with Gasteiger partial charge in [-0.3, -0.25) is 19.2 Å². The van der Waals surface area contributed by atoms with Crippen LogP contribution in [0.25, 0.3) is 0 Å². The highest BCUT2D eigenvalue weighted by atomic mass is 16.5. The van der Waals surface area contributed by atoms with E-state index in [9.17, 15) is 19.2 Å². The number of anilines is 1. The van der Waals surface area contributed by atoms with E-state index in [1.54, 1.807) is 24.3 Å². The van der Waals surface area contributed by atoms with Crippen molar-refractivity contribution in [3.05, 3.63) is 65.7 Å². The molecule has 192 valence electrons. The summed E-state index contributed by atoms with van der Waals surface area (Å²) in [5.41, 5.74) is 2.05. The van der Waals surface area contributed by atoms with Gasteiger partial charge in [0, 0.05) is 24.3 Å². The van der Waals surface area contributed by atoms with E-state index in [0.29, 0.717) is 24.3 Å². The Kier molecular flexibility index (Phi) is 9.44. The number of esters is 1. The van der Waals surface area contributed by atoms with Crippen molar-refractivity contribution in [3.63, 3.8) is 0 Å². The van der Waals surface area contributed by atoms with E-state index in [1.807, 2.05) is 51.1 Å². The van der Waals surface area contributed by atoms with Crippen LogP contribution in [0.1, 0.15) is 49.2 Å². The van der Waals surface area contributed by atoms with Crippen molar-refractivity contribution in [2.45, 2.75) is 39.3 Å². The van der Waals surface area contributed by atoms with Gasteiger partial charge in [-0.05, 0) is 36.6 Å². The van der Waals surface area contributed by atoms with Crippen LogP contribution in [0.5, 0.6) is 0 Å². The predicted molar refractivity (Wildman–Crippen MR) is 136 cm³/mol. The second-order valence-electron chi connectivity index (χ2n) is 9.22. The van der Waals surface area contributed by atoms with Gasteiger partial charge in [-0.2, -0.15) is 0 Å². The molecule has 0 aliphatic carbocycles. The van der Waals surface area contributed by atoms with Gasteiger partial charge in [-0.25, -0.2) is 0 Å². The van der Waals surface area contributed by atoms with Crippen LogP contribution in [-0.4, -0.2) is 60.9 Å². The summed E-state index contributed by atoms with van der Waals surface area (Å²) in [6.45, 7) is 6.55. The maximum Gasteiger partial charge on any atom is 0.308 e. The molecule has 1 saturated heterocycles. The zero-order chi connectivity index (χ0) is 26.1. The molecule has 2 atom stereocenters. The fourth-order valence-corrected chi connectivity index (χ4v) is 3.85. The third-order valence-electron chi connectivity index (χ3n) is 5.80. The van der Waals surface area contributed by atoms with Gasteiger partial charge >= 0.3 is 5.97 Å². The summed E-state index contributed by atoms with van der Waals surface area (Å²) in [6, 6.07) is 15.5. The monoisotopic (exact) mass is 494 g/mol. The number of rotatable bonds is 10. The number of hydrogen-bond acceptors (Lipinski definition) is 6. The molecule has 9 heteroatoms. The molecule has 0 radical (unpaired) electrons. The number of piperazine rings is 1. The molecule has 0 saturated carbocycles. The Labute approximate surface area is 211 Å². The molecule has 1 aliphatic rings. The highest BCUT2D eigenvalue weighted by Gasteiger charge is 2.35. The van der Waals surface area contributed by atoms with Crippen molar-refractivity contribution in [2.24, 2.45) is 5.92 Å². The Morgan fingerprint density at radius 3 is 2.56 bits per heavy atom. The van der Waals surface area contributed by atoms with E-state index < -0.39 is 12.0 Å². The average Bonchev–Trinajstić information content (AvgIpc) is 2.87. The van der Waals surface area contributed by atoms with Crippen LogP contribution in [0, 0.1) is 5.92 Å².